The van der Waals surface area contributed by atoms with E-state index < -0.39 is 6.04 Å². The van der Waals surface area contributed by atoms with Gasteiger partial charge in [-0.1, -0.05) is 64.1 Å². The first-order valence-corrected chi connectivity index (χ1v) is 18.1. The average Bonchev–Trinajstić information content (AvgIpc) is 3.83. The summed E-state index contributed by atoms with van der Waals surface area (Å²) >= 11 is 1.74. The van der Waals surface area contributed by atoms with E-state index in [0.717, 1.165) is 62.1 Å². The molecule has 2 N–H and O–H groups in total. The minimum atomic E-state index is -0.581. The number of amides is 2. The summed E-state index contributed by atoms with van der Waals surface area (Å²) in [6.45, 7) is 13.6. The van der Waals surface area contributed by atoms with Crippen LogP contribution >= 0.6 is 11.3 Å². The smallest absolute Gasteiger partial charge is 0.252 e. The van der Waals surface area contributed by atoms with Crippen LogP contribution in [0.2, 0.25) is 0 Å². The Labute approximate surface area is 278 Å². The normalized spacial score (nSPS) is 16.7. The number of hydrogen-bond acceptors (Lipinski definition) is 5. The van der Waals surface area contributed by atoms with Crippen LogP contribution in [0, 0.1) is 11.8 Å². The number of carbonyl (C=O) groups excluding carboxylic acids is 2. The van der Waals surface area contributed by atoms with E-state index in [1.54, 1.807) is 11.3 Å². The van der Waals surface area contributed by atoms with Crippen molar-refractivity contribution in [2.24, 2.45) is 11.8 Å². The zero-order valence-corrected chi connectivity index (χ0v) is 29.0. The molecule has 8 heteroatoms. The fraction of sp³-hybridized carbons (Fsp3) is 0.500. The number of thiophene rings is 1. The van der Waals surface area contributed by atoms with Crippen LogP contribution in [-0.4, -0.2) is 51.9 Å². The first kappa shape index (κ1) is 33.9. The quantitative estimate of drug-likeness (QED) is 0.139. The standard InChI is InChI=1S/C38H51N5O2S/c1-6-31(7-2)43-35-18-16-30(22-34(35)40-36(43)23-32-14-11-21-46-32)37(44)41-33(17-15-26(3)4)38(45)39-24-28-19-20-42(25-28)27(5)29-12-9-8-10-13-29/h8-14,16,18,21-22,26-28,31,33H,6-7,15,17,19-20,23-25H2,1-5H3,(H,39,45)(H,41,44). The van der Waals surface area contributed by atoms with Crippen LogP contribution in [0.4, 0.5) is 0 Å². The van der Waals surface area contributed by atoms with Crippen molar-refractivity contribution in [1.29, 1.82) is 0 Å². The number of aromatic nitrogens is 2. The second kappa shape index (κ2) is 15.9. The molecule has 4 aromatic rings. The Morgan fingerprint density at radius 2 is 1.78 bits per heavy atom. The zero-order valence-electron chi connectivity index (χ0n) is 28.2. The average molecular weight is 642 g/mol. The van der Waals surface area contributed by atoms with E-state index in [9.17, 15) is 9.59 Å². The Morgan fingerprint density at radius 3 is 2.48 bits per heavy atom. The first-order chi connectivity index (χ1) is 22.3. The number of benzene rings is 2. The monoisotopic (exact) mass is 641 g/mol. The van der Waals surface area contributed by atoms with Crippen LogP contribution in [-0.2, 0) is 11.2 Å². The van der Waals surface area contributed by atoms with E-state index in [4.69, 9.17) is 4.98 Å². The molecule has 5 rings (SSSR count). The van der Waals surface area contributed by atoms with Crippen LogP contribution < -0.4 is 10.6 Å². The van der Waals surface area contributed by atoms with Gasteiger partial charge in [-0.05, 0) is 92.6 Å². The predicted molar refractivity (Wildman–Crippen MR) is 189 cm³/mol. The Bertz CT molecular complexity index is 1560. The van der Waals surface area contributed by atoms with Crippen molar-refractivity contribution in [3.8, 4) is 0 Å². The third-order valence-corrected chi connectivity index (χ3v) is 10.5. The van der Waals surface area contributed by atoms with E-state index in [1.165, 1.54) is 10.4 Å². The largest absolute Gasteiger partial charge is 0.354 e. The lowest BCUT2D eigenvalue weighted by Crippen LogP contribution is -2.48. The molecule has 0 radical (unpaired) electrons. The van der Waals surface area contributed by atoms with E-state index in [-0.39, 0.29) is 11.8 Å². The third-order valence-electron chi connectivity index (χ3n) is 9.61. The summed E-state index contributed by atoms with van der Waals surface area (Å²) in [5.74, 6) is 1.53. The lowest BCUT2D eigenvalue weighted by atomic mass is 10.0. The lowest BCUT2D eigenvalue weighted by Gasteiger charge is -2.25. The second-order valence-corrected chi connectivity index (χ2v) is 14.3. The number of imidazole rings is 1. The first-order valence-electron chi connectivity index (χ1n) is 17.2. The van der Waals surface area contributed by atoms with Gasteiger partial charge in [-0.2, -0.15) is 0 Å². The molecule has 3 atom stereocenters. The number of carbonyl (C=O) groups is 2. The molecule has 1 aliphatic rings. The van der Waals surface area contributed by atoms with E-state index in [2.05, 4.69) is 103 Å². The maximum atomic E-state index is 13.6. The number of nitrogens with zero attached hydrogens (tertiary/aromatic N) is 3. The van der Waals surface area contributed by atoms with Gasteiger partial charge in [0.2, 0.25) is 5.91 Å². The molecule has 2 amide bonds. The van der Waals surface area contributed by atoms with Gasteiger partial charge in [0.1, 0.15) is 11.9 Å². The van der Waals surface area contributed by atoms with Crippen LogP contribution in [0.25, 0.3) is 11.0 Å². The van der Waals surface area contributed by atoms with Gasteiger partial charge >= 0.3 is 0 Å². The molecule has 3 heterocycles. The third kappa shape index (κ3) is 8.26. The molecular weight excluding hydrogens is 591 g/mol. The maximum Gasteiger partial charge on any atom is 0.252 e. The van der Waals surface area contributed by atoms with Crippen molar-refractivity contribution in [3.05, 3.63) is 87.9 Å². The van der Waals surface area contributed by atoms with Gasteiger partial charge in [-0.15, -0.1) is 11.3 Å². The van der Waals surface area contributed by atoms with E-state index in [1.807, 2.05) is 18.2 Å². The minimum absolute atomic E-state index is 0.0964. The molecular formula is C38H51N5O2S. The number of rotatable bonds is 15. The van der Waals surface area contributed by atoms with Gasteiger partial charge in [0, 0.05) is 42.0 Å². The molecule has 1 fully saturated rings. The Kier molecular flexibility index (Phi) is 11.7. The molecule has 46 heavy (non-hydrogen) atoms. The number of likely N-dealkylation sites (tertiary alicyclic amines) is 1. The van der Waals surface area contributed by atoms with Crippen LogP contribution in [0.5, 0.6) is 0 Å². The highest BCUT2D eigenvalue weighted by Gasteiger charge is 2.29. The molecule has 246 valence electrons. The van der Waals surface area contributed by atoms with Gasteiger partial charge in [-0.25, -0.2) is 4.98 Å². The molecule has 3 unspecified atom stereocenters. The molecule has 1 aliphatic heterocycles. The second-order valence-electron chi connectivity index (χ2n) is 13.3. The maximum absolute atomic E-state index is 13.6. The summed E-state index contributed by atoms with van der Waals surface area (Å²) in [4.78, 5) is 35.9. The van der Waals surface area contributed by atoms with Crippen molar-refractivity contribution in [2.75, 3.05) is 19.6 Å². The Morgan fingerprint density at radius 1 is 1.00 bits per heavy atom. The molecule has 0 aliphatic carbocycles. The molecule has 7 nitrogen and oxygen atoms in total. The van der Waals surface area contributed by atoms with Gasteiger partial charge in [-0.3, -0.25) is 14.5 Å². The minimum Gasteiger partial charge on any atom is -0.354 e. The van der Waals surface area contributed by atoms with Gasteiger partial charge in [0.15, 0.2) is 0 Å². The Balaban J connectivity index is 1.26. The van der Waals surface area contributed by atoms with E-state index in [0.29, 0.717) is 42.4 Å². The highest BCUT2D eigenvalue weighted by molar-refractivity contribution is 7.09. The highest BCUT2D eigenvalue weighted by atomic mass is 32.1. The van der Waals surface area contributed by atoms with Crippen LogP contribution in [0.3, 0.4) is 0 Å². The summed E-state index contributed by atoms with van der Waals surface area (Å²) in [5.41, 5.74) is 3.74. The number of hydrogen-bond donors (Lipinski definition) is 2. The van der Waals surface area contributed by atoms with Crippen LogP contribution in [0.1, 0.15) is 105 Å². The summed E-state index contributed by atoms with van der Waals surface area (Å²) in [6.07, 6.45) is 5.31. The summed E-state index contributed by atoms with van der Waals surface area (Å²) in [7, 11) is 0. The van der Waals surface area contributed by atoms with Crippen molar-refractivity contribution >= 4 is 34.2 Å². The number of nitrogens with one attached hydrogen (secondary N) is 2. The molecule has 2 aromatic heterocycles. The van der Waals surface area contributed by atoms with Crippen molar-refractivity contribution in [3.63, 3.8) is 0 Å². The van der Waals surface area contributed by atoms with E-state index >= 15 is 0 Å². The van der Waals surface area contributed by atoms with Crippen LogP contribution in [0.15, 0.2) is 66.0 Å². The molecule has 0 saturated carbocycles. The van der Waals surface area contributed by atoms with Gasteiger partial charge < -0.3 is 15.2 Å². The zero-order chi connectivity index (χ0) is 32.6. The fourth-order valence-corrected chi connectivity index (χ4v) is 7.45. The summed E-state index contributed by atoms with van der Waals surface area (Å²) in [5, 5.41) is 8.38. The fourth-order valence-electron chi connectivity index (χ4n) is 6.75. The molecule has 1 saturated heterocycles. The van der Waals surface area contributed by atoms with Crippen molar-refractivity contribution in [2.45, 2.75) is 91.3 Å². The summed E-state index contributed by atoms with van der Waals surface area (Å²) < 4.78 is 2.36. The van der Waals surface area contributed by atoms with Crippen molar-refractivity contribution < 1.29 is 9.59 Å². The molecule has 2 aromatic carbocycles. The molecule has 0 spiro atoms. The Hall–Kier alpha value is -3.49. The topological polar surface area (TPSA) is 79.3 Å². The van der Waals surface area contributed by atoms with Gasteiger partial charge in [0.25, 0.3) is 5.91 Å². The number of fused-ring (bicyclic) bond motifs is 1. The summed E-state index contributed by atoms with van der Waals surface area (Å²) in [6, 6.07) is 20.7. The predicted octanol–water partition coefficient (Wildman–Crippen LogP) is 7.78. The lowest BCUT2D eigenvalue weighted by molar-refractivity contribution is -0.123. The highest BCUT2D eigenvalue weighted by Crippen LogP contribution is 2.29. The SMILES string of the molecule is CCC(CC)n1c(Cc2cccs2)nc2cc(C(=O)NC(CCC(C)C)C(=O)NCC3CCN(C(C)c4ccccc4)C3)ccc21. The molecule has 0 bridgehead atoms. The van der Waals surface area contributed by atoms with Gasteiger partial charge in [0.05, 0.1) is 11.0 Å². The van der Waals surface area contributed by atoms with Crippen molar-refractivity contribution in [1.82, 2.24) is 25.1 Å².